The van der Waals surface area contributed by atoms with Crippen LogP contribution in [0.5, 0.6) is 0 Å². The maximum absolute atomic E-state index is 13.9. The van der Waals surface area contributed by atoms with Crippen LogP contribution in [-0.4, -0.2) is 113 Å². The standard InChI is InChI=1S/C37H41FN4O7S/c1-4-32(43)34-30-23-29(31(42(13-12-38)50(3,46)47)24-33(30)49-35(34)26-10-8-25(2)9-11-26)27-6-5-7-28(22-27)36(44)39-14-16-40(17-15-39)37(45)41-18-20-48-21-19-41/h5-11,22-24H,4,12-21H2,1-3H3. The van der Waals surface area contributed by atoms with E-state index in [9.17, 15) is 27.2 Å². The molecule has 0 unspecified atom stereocenters. The summed E-state index contributed by atoms with van der Waals surface area (Å²) in [6.07, 6.45) is 1.21. The molecule has 2 saturated heterocycles. The van der Waals surface area contributed by atoms with E-state index in [2.05, 4.69) is 0 Å². The Kier molecular flexibility index (Phi) is 10.3. The SMILES string of the molecule is CCC(=O)c1c(-c2ccc(C)cc2)oc2cc(N(CCF)S(C)(=O)=O)c(-c3cccc(C(=O)N4CCN(C(=O)N5CCOCC5)CC4)c3)cc12. The highest BCUT2D eigenvalue weighted by Gasteiger charge is 2.30. The van der Waals surface area contributed by atoms with Crippen LogP contribution in [-0.2, 0) is 14.8 Å². The number of carbonyl (C=O) groups is 3. The largest absolute Gasteiger partial charge is 0.455 e. The number of alkyl halides is 1. The number of nitrogens with zero attached hydrogens (tertiary/aromatic N) is 4. The van der Waals surface area contributed by atoms with Gasteiger partial charge in [-0.3, -0.25) is 13.9 Å². The van der Waals surface area contributed by atoms with Crippen LogP contribution in [0.4, 0.5) is 14.9 Å². The van der Waals surface area contributed by atoms with Crippen LogP contribution in [0, 0.1) is 6.92 Å². The molecule has 0 N–H and O–H groups in total. The number of rotatable bonds is 9. The van der Waals surface area contributed by atoms with Crippen molar-refractivity contribution in [2.75, 3.05) is 76.3 Å². The number of halogens is 1. The highest BCUT2D eigenvalue weighted by atomic mass is 32.2. The number of fused-ring (bicyclic) bond motifs is 1. The molecule has 3 aromatic carbocycles. The summed E-state index contributed by atoms with van der Waals surface area (Å²) in [5.74, 6) is -0.0260. The summed E-state index contributed by atoms with van der Waals surface area (Å²) in [5.41, 5.74) is 3.81. The molecule has 3 heterocycles. The third-order valence-corrected chi connectivity index (χ3v) is 10.4. The van der Waals surface area contributed by atoms with E-state index in [-0.39, 0.29) is 35.4 Å². The minimum atomic E-state index is -3.96. The van der Waals surface area contributed by atoms with Crippen molar-refractivity contribution < 1.29 is 36.3 Å². The Morgan fingerprint density at radius 1 is 0.860 bits per heavy atom. The maximum atomic E-state index is 13.9. The molecule has 0 radical (unpaired) electrons. The molecule has 50 heavy (non-hydrogen) atoms. The monoisotopic (exact) mass is 704 g/mol. The summed E-state index contributed by atoms with van der Waals surface area (Å²) < 4.78 is 52.6. The van der Waals surface area contributed by atoms with Crippen molar-refractivity contribution in [2.45, 2.75) is 20.3 Å². The summed E-state index contributed by atoms with van der Waals surface area (Å²) in [7, 11) is -3.96. The Bertz CT molecular complexity index is 2020. The average Bonchev–Trinajstić information content (AvgIpc) is 3.51. The predicted molar refractivity (Wildman–Crippen MR) is 190 cm³/mol. The van der Waals surface area contributed by atoms with Crippen molar-refractivity contribution >= 4 is 44.4 Å². The number of aryl methyl sites for hydroxylation is 1. The summed E-state index contributed by atoms with van der Waals surface area (Å²) in [4.78, 5) is 45.4. The van der Waals surface area contributed by atoms with Gasteiger partial charge in [0.25, 0.3) is 5.91 Å². The first-order valence-electron chi connectivity index (χ1n) is 16.8. The minimum absolute atomic E-state index is 0.0558. The number of urea groups is 1. The van der Waals surface area contributed by atoms with E-state index in [0.29, 0.717) is 91.4 Å². The first kappa shape index (κ1) is 35.1. The molecular weight excluding hydrogens is 663 g/mol. The minimum Gasteiger partial charge on any atom is -0.455 e. The van der Waals surface area contributed by atoms with Gasteiger partial charge in [-0.25, -0.2) is 17.6 Å². The number of hydrogen-bond acceptors (Lipinski definition) is 7. The molecular formula is C37H41FN4O7S. The van der Waals surface area contributed by atoms with Crippen molar-refractivity contribution in [1.29, 1.82) is 0 Å². The molecule has 2 aliphatic heterocycles. The van der Waals surface area contributed by atoms with Gasteiger partial charge < -0.3 is 23.9 Å². The number of piperazine rings is 1. The first-order chi connectivity index (χ1) is 24.0. The zero-order valence-corrected chi connectivity index (χ0v) is 29.3. The lowest BCUT2D eigenvalue weighted by atomic mass is 9.95. The van der Waals surface area contributed by atoms with E-state index in [1.165, 1.54) is 6.07 Å². The van der Waals surface area contributed by atoms with Gasteiger partial charge in [0.15, 0.2) is 5.78 Å². The third-order valence-electron chi connectivity index (χ3n) is 9.22. The lowest BCUT2D eigenvalue weighted by Crippen LogP contribution is -2.55. The van der Waals surface area contributed by atoms with Crippen molar-refractivity contribution in [2.24, 2.45) is 0 Å². The Balaban J connectivity index is 1.39. The number of sulfonamides is 1. The Morgan fingerprint density at radius 2 is 1.52 bits per heavy atom. The quantitative estimate of drug-likeness (QED) is 0.208. The second kappa shape index (κ2) is 14.6. The Labute approximate surface area is 291 Å². The topological polar surface area (TPSA) is 121 Å². The fraction of sp³-hybridized carbons (Fsp3) is 0.378. The van der Waals surface area contributed by atoms with E-state index in [1.54, 1.807) is 52.0 Å². The van der Waals surface area contributed by atoms with Gasteiger partial charge in [-0.15, -0.1) is 0 Å². The number of amides is 3. The second-order valence-electron chi connectivity index (χ2n) is 12.6. The predicted octanol–water partition coefficient (Wildman–Crippen LogP) is 5.61. The molecule has 2 fully saturated rings. The third kappa shape index (κ3) is 7.10. The van der Waals surface area contributed by atoms with Gasteiger partial charge in [0, 0.05) is 73.8 Å². The molecule has 0 spiro atoms. The van der Waals surface area contributed by atoms with E-state index in [1.807, 2.05) is 31.2 Å². The second-order valence-corrected chi connectivity index (χ2v) is 14.5. The molecule has 264 valence electrons. The van der Waals surface area contributed by atoms with Crippen LogP contribution in [0.2, 0.25) is 0 Å². The number of benzene rings is 3. The molecule has 0 bridgehead atoms. The Morgan fingerprint density at radius 3 is 2.16 bits per heavy atom. The average molecular weight is 705 g/mol. The Hall–Kier alpha value is -4.75. The van der Waals surface area contributed by atoms with Crippen molar-refractivity contribution in [3.05, 3.63) is 77.4 Å². The lowest BCUT2D eigenvalue weighted by molar-refractivity contribution is 0.0362. The molecule has 3 amide bonds. The number of carbonyl (C=O) groups excluding carboxylic acids is 3. The smallest absolute Gasteiger partial charge is 0.320 e. The molecule has 6 rings (SSSR count). The van der Waals surface area contributed by atoms with Crippen molar-refractivity contribution in [3.8, 4) is 22.5 Å². The first-order valence-corrected chi connectivity index (χ1v) is 18.6. The van der Waals surface area contributed by atoms with Crippen LogP contribution in [0.15, 0.2) is 65.1 Å². The van der Waals surface area contributed by atoms with Crippen LogP contribution in [0.25, 0.3) is 33.4 Å². The number of furan rings is 1. The van der Waals surface area contributed by atoms with Gasteiger partial charge >= 0.3 is 6.03 Å². The van der Waals surface area contributed by atoms with Gasteiger partial charge in [0.05, 0.1) is 37.3 Å². The lowest BCUT2D eigenvalue weighted by Gasteiger charge is -2.38. The highest BCUT2D eigenvalue weighted by molar-refractivity contribution is 7.92. The number of ether oxygens (including phenoxy) is 1. The molecule has 0 atom stereocenters. The van der Waals surface area contributed by atoms with Crippen molar-refractivity contribution in [1.82, 2.24) is 14.7 Å². The van der Waals surface area contributed by atoms with Crippen LogP contribution in [0.3, 0.4) is 0 Å². The number of morpholine rings is 1. The normalized spacial score (nSPS) is 15.4. The van der Waals surface area contributed by atoms with Gasteiger partial charge in [-0.05, 0) is 30.7 Å². The van der Waals surface area contributed by atoms with Gasteiger partial charge in [-0.1, -0.05) is 48.9 Å². The fourth-order valence-electron chi connectivity index (χ4n) is 6.53. The number of anilines is 1. The van der Waals surface area contributed by atoms with Gasteiger partial charge in [0.2, 0.25) is 10.0 Å². The number of Topliss-reactive ketones (excluding diaryl/α,β-unsaturated/α-hetero) is 1. The zero-order chi connectivity index (χ0) is 35.6. The molecule has 0 saturated carbocycles. The molecule has 2 aliphatic rings. The van der Waals surface area contributed by atoms with E-state index >= 15 is 0 Å². The molecule has 11 nitrogen and oxygen atoms in total. The van der Waals surface area contributed by atoms with Crippen LogP contribution >= 0.6 is 0 Å². The number of ketones is 1. The van der Waals surface area contributed by atoms with Gasteiger partial charge in [-0.2, -0.15) is 0 Å². The van der Waals surface area contributed by atoms with Crippen LogP contribution < -0.4 is 4.31 Å². The summed E-state index contributed by atoms with van der Waals surface area (Å²) in [6, 6.07) is 17.5. The van der Waals surface area contributed by atoms with E-state index < -0.39 is 23.2 Å². The van der Waals surface area contributed by atoms with Crippen LogP contribution in [0.1, 0.15) is 39.6 Å². The highest BCUT2D eigenvalue weighted by Crippen LogP contribution is 2.42. The maximum Gasteiger partial charge on any atom is 0.320 e. The number of hydrogen-bond donors (Lipinski definition) is 0. The summed E-state index contributed by atoms with van der Waals surface area (Å²) in [5, 5.41) is 0.484. The van der Waals surface area contributed by atoms with E-state index in [0.717, 1.165) is 16.1 Å². The zero-order valence-electron chi connectivity index (χ0n) is 28.5. The van der Waals surface area contributed by atoms with Gasteiger partial charge in [0.1, 0.15) is 18.0 Å². The molecule has 4 aromatic rings. The fourth-order valence-corrected chi connectivity index (χ4v) is 7.44. The van der Waals surface area contributed by atoms with E-state index in [4.69, 9.17) is 9.15 Å². The summed E-state index contributed by atoms with van der Waals surface area (Å²) >= 11 is 0. The summed E-state index contributed by atoms with van der Waals surface area (Å²) in [6.45, 7) is 5.95. The molecule has 0 aliphatic carbocycles. The molecule has 13 heteroatoms. The molecule has 1 aromatic heterocycles. The van der Waals surface area contributed by atoms with Crippen molar-refractivity contribution in [3.63, 3.8) is 0 Å².